The van der Waals surface area contributed by atoms with Crippen LogP contribution in [0.4, 0.5) is 5.13 Å². The van der Waals surface area contributed by atoms with E-state index in [9.17, 15) is 9.59 Å². The highest BCUT2D eigenvalue weighted by Gasteiger charge is 2.26. The molecule has 2 atom stereocenters. The molecule has 0 saturated carbocycles. The van der Waals surface area contributed by atoms with E-state index in [0.29, 0.717) is 5.92 Å². The number of esters is 1. The highest BCUT2D eigenvalue weighted by atomic mass is 32.2. The van der Waals surface area contributed by atoms with Crippen molar-refractivity contribution in [2.75, 3.05) is 24.7 Å². The number of hydrogen-bond acceptors (Lipinski definition) is 8. The van der Waals surface area contributed by atoms with Gasteiger partial charge in [0.25, 0.3) is 0 Å². The Kier molecular flexibility index (Phi) is 9.05. The molecule has 0 aromatic carbocycles. The van der Waals surface area contributed by atoms with Gasteiger partial charge in [-0.3, -0.25) is 4.79 Å². The molecule has 136 valence electrons. The molecule has 0 saturated heterocycles. The molecule has 9 heteroatoms. The van der Waals surface area contributed by atoms with E-state index in [1.807, 2.05) is 13.8 Å². The van der Waals surface area contributed by atoms with E-state index in [1.165, 1.54) is 30.2 Å². The smallest absolute Gasteiger partial charge is 0.328 e. The van der Waals surface area contributed by atoms with Gasteiger partial charge in [-0.1, -0.05) is 57.2 Å². The summed E-state index contributed by atoms with van der Waals surface area (Å²) in [5.74, 6) is 0.0793. The van der Waals surface area contributed by atoms with Crippen LogP contribution in [-0.2, 0) is 14.3 Å². The molecule has 1 aromatic rings. The van der Waals surface area contributed by atoms with Crippen LogP contribution in [0.25, 0.3) is 0 Å². The maximum Gasteiger partial charge on any atom is 0.328 e. The van der Waals surface area contributed by atoms with Crippen LogP contribution in [0.15, 0.2) is 4.34 Å². The van der Waals surface area contributed by atoms with Gasteiger partial charge in [0.2, 0.25) is 11.0 Å². The molecule has 0 radical (unpaired) electrons. The monoisotopic (exact) mass is 374 g/mol. The predicted octanol–water partition coefficient (Wildman–Crippen LogP) is 2.40. The number of aromatic nitrogens is 2. The molecule has 0 bridgehead atoms. The van der Waals surface area contributed by atoms with Crippen LogP contribution in [0.2, 0.25) is 0 Å². The van der Waals surface area contributed by atoms with Crippen LogP contribution in [0.1, 0.15) is 34.1 Å². The number of nitrogens with one attached hydrogen (secondary N) is 2. The van der Waals surface area contributed by atoms with Crippen LogP contribution in [-0.4, -0.2) is 47.5 Å². The number of anilines is 1. The summed E-state index contributed by atoms with van der Waals surface area (Å²) >= 11 is 2.72. The van der Waals surface area contributed by atoms with Crippen molar-refractivity contribution in [1.82, 2.24) is 15.5 Å². The molecule has 1 amide bonds. The quantitative estimate of drug-likeness (QED) is 0.480. The normalized spacial score (nSPS) is 13.4. The van der Waals surface area contributed by atoms with Crippen molar-refractivity contribution >= 4 is 40.1 Å². The van der Waals surface area contributed by atoms with E-state index in [4.69, 9.17) is 4.74 Å². The number of ether oxygens (including phenoxy) is 1. The summed E-state index contributed by atoms with van der Waals surface area (Å²) in [6.45, 7) is 8.93. The van der Waals surface area contributed by atoms with E-state index >= 15 is 0 Å². The molecular weight excluding hydrogens is 348 g/mol. The number of rotatable bonds is 10. The standard InChI is InChI=1S/C15H26N4O3S2/c1-6-10(4)12(13(21)22-5)17-11(20)8-23-15-19-18-14(24-15)16-7-9(2)3/h9-10,12H,6-8H2,1-5H3,(H,16,18)(H,17,20)/t10-,12-/m1/s1. The summed E-state index contributed by atoms with van der Waals surface area (Å²) in [4.78, 5) is 23.9. The number of methoxy groups -OCH3 is 1. The molecule has 0 spiro atoms. The first-order chi connectivity index (χ1) is 11.4. The van der Waals surface area contributed by atoms with Gasteiger partial charge < -0.3 is 15.4 Å². The minimum Gasteiger partial charge on any atom is -0.467 e. The fourth-order valence-electron chi connectivity index (χ4n) is 1.77. The van der Waals surface area contributed by atoms with E-state index < -0.39 is 12.0 Å². The minimum atomic E-state index is -0.620. The first-order valence-electron chi connectivity index (χ1n) is 7.94. The van der Waals surface area contributed by atoms with Crippen LogP contribution < -0.4 is 10.6 Å². The van der Waals surface area contributed by atoms with Crippen LogP contribution >= 0.6 is 23.1 Å². The summed E-state index contributed by atoms with van der Waals surface area (Å²) in [5.41, 5.74) is 0. The zero-order valence-electron chi connectivity index (χ0n) is 14.8. The molecule has 0 aliphatic rings. The van der Waals surface area contributed by atoms with Gasteiger partial charge in [-0.25, -0.2) is 4.79 Å². The van der Waals surface area contributed by atoms with Crippen molar-refractivity contribution in [3.05, 3.63) is 0 Å². The number of carbonyl (C=O) groups excluding carboxylic acids is 2. The second-order valence-electron chi connectivity index (χ2n) is 5.89. The van der Waals surface area contributed by atoms with Gasteiger partial charge in [-0.05, 0) is 11.8 Å². The Morgan fingerprint density at radius 3 is 2.58 bits per heavy atom. The van der Waals surface area contributed by atoms with Crippen molar-refractivity contribution < 1.29 is 14.3 Å². The van der Waals surface area contributed by atoms with E-state index in [0.717, 1.165) is 22.4 Å². The van der Waals surface area contributed by atoms with Gasteiger partial charge >= 0.3 is 5.97 Å². The van der Waals surface area contributed by atoms with Crippen molar-refractivity contribution in [3.8, 4) is 0 Å². The molecule has 0 fully saturated rings. The van der Waals surface area contributed by atoms with E-state index in [1.54, 1.807) is 0 Å². The lowest BCUT2D eigenvalue weighted by molar-refractivity contribution is -0.146. The van der Waals surface area contributed by atoms with Crippen LogP contribution in [0.5, 0.6) is 0 Å². The number of hydrogen-bond donors (Lipinski definition) is 2. The Morgan fingerprint density at radius 2 is 2.00 bits per heavy atom. The Morgan fingerprint density at radius 1 is 1.29 bits per heavy atom. The van der Waals surface area contributed by atoms with Crippen LogP contribution in [0, 0.1) is 11.8 Å². The third-order valence-electron chi connectivity index (χ3n) is 3.38. The maximum atomic E-state index is 12.1. The molecule has 0 unspecified atom stereocenters. The molecule has 24 heavy (non-hydrogen) atoms. The van der Waals surface area contributed by atoms with Gasteiger partial charge in [-0.2, -0.15) is 0 Å². The minimum absolute atomic E-state index is 0.0137. The SMILES string of the molecule is CC[C@@H](C)[C@@H](NC(=O)CSc1nnc(NCC(C)C)s1)C(=O)OC. The lowest BCUT2D eigenvalue weighted by atomic mass is 9.99. The van der Waals surface area contributed by atoms with Gasteiger partial charge in [-0.15, -0.1) is 10.2 Å². The highest BCUT2D eigenvalue weighted by Crippen LogP contribution is 2.25. The first-order valence-corrected chi connectivity index (χ1v) is 9.74. The number of nitrogens with zero attached hydrogens (tertiary/aromatic N) is 2. The zero-order chi connectivity index (χ0) is 18.1. The average molecular weight is 375 g/mol. The lowest BCUT2D eigenvalue weighted by Crippen LogP contribution is -2.46. The number of thioether (sulfide) groups is 1. The van der Waals surface area contributed by atoms with Gasteiger partial charge in [0, 0.05) is 6.54 Å². The van der Waals surface area contributed by atoms with Gasteiger partial charge in [0.05, 0.1) is 12.9 Å². The van der Waals surface area contributed by atoms with Crippen molar-refractivity contribution in [1.29, 1.82) is 0 Å². The van der Waals surface area contributed by atoms with E-state index in [-0.39, 0.29) is 17.6 Å². The molecule has 2 N–H and O–H groups in total. The Balaban J connectivity index is 2.48. The lowest BCUT2D eigenvalue weighted by Gasteiger charge is -2.21. The topological polar surface area (TPSA) is 93.2 Å². The third-order valence-corrected chi connectivity index (χ3v) is 5.39. The van der Waals surface area contributed by atoms with Gasteiger partial charge in [0.15, 0.2) is 4.34 Å². The zero-order valence-corrected chi connectivity index (χ0v) is 16.4. The molecule has 1 rings (SSSR count). The predicted molar refractivity (Wildman–Crippen MR) is 97.4 cm³/mol. The molecular formula is C15H26N4O3S2. The first kappa shape index (κ1) is 20.7. The Bertz CT molecular complexity index is 537. The molecule has 0 aliphatic heterocycles. The molecule has 0 aliphatic carbocycles. The summed E-state index contributed by atoms with van der Waals surface area (Å²) in [6.07, 6.45) is 0.772. The number of carbonyl (C=O) groups is 2. The summed E-state index contributed by atoms with van der Waals surface area (Å²) in [5, 5.41) is 14.8. The summed E-state index contributed by atoms with van der Waals surface area (Å²) < 4.78 is 5.48. The van der Waals surface area contributed by atoms with Crippen molar-refractivity contribution in [2.24, 2.45) is 11.8 Å². The van der Waals surface area contributed by atoms with E-state index in [2.05, 4.69) is 34.7 Å². The van der Waals surface area contributed by atoms with Gasteiger partial charge in [0.1, 0.15) is 6.04 Å². The Hall–Kier alpha value is -1.35. The number of amides is 1. The summed E-state index contributed by atoms with van der Waals surface area (Å²) in [6, 6.07) is -0.620. The largest absolute Gasteiger partial charge is 0.467 e. The molecule has 1 heterocycles. The average Bonchev–Trinajstić information content (AvgIpc) is 3.02. The fraction of sp³-hybridized carbons (Fsp3) is 0.733. The fourth-order valence-corrected chi connectivity index (χ4v) is 3.34. The molecule has 7 nitrogen and oxygen atoms in total. The second-order valence-corrected chi connectivity index (χ2v) is 8.09. The van der Waals surface area contributed by atoms with Crippen molar-refractivity contribution in [2.45, 2.75) is 44.5 Å². The van der Waals surface area contributed by atoms with Crippen molar-refractivity contribution in [3.63, 3.8) is 0 Å². The maximum absolute atomic E-state index is 12.1. The Labute approximate surface area is 151 Å². The third kappa shape index (κ3) is 7.04. The highest BCUT2D eigenvalue weighted by molar-refractivity contribution is 8.01. The second kappa shape index (κ2) is 10.5. The summed E-state index contributed by atoms with van der Waals surface area (Å²) in [7, 11) is 1.32. The molecule has 1 aromatic heterocycles. The van der Waals surface area contributed by atoms with Crippen LogP contribution in [0.3, 0.4) is 0 Å².